The van der Waals surface area contributed by atoms with Crippen LogP contribution in [0.3, 0.4) is 0 Å². The van der Waals surface area contributed by atoms with Gasteiger partial charge in [0.1, 0.15) is 0 Å². The monoisotopic (exact) mass is 306 g/mol. The van der Waals surface area contributed by atoms with Gasteiger partial charge in [0.05, 0.1) is 12.1 Å². The summed E-state index contributed by atoms with van der Waals surface area (Å²) in [6, 6.07) is 9.93. The van der Waals surface area contributed by atoms with E-state index in [-0.39, 0.29) is 24.1 Å². The van der Waals surface area contributed by atoms with E-state index in [4.69, 9.17) is 0 Å². The molecule has 0 aliphatic heterocycles. The zero-order chi connectivity index (χ0) is 16.5. The Kier molecular flexibility index (Phi) is 7.96. The standard InChI is InChI=1S/C18H30N2O2/c1-13(2)10-17(16-8-6-5-7-9-16)20-18(22)19-12-14(3)11-15(4)21/h5-9,13-15,17,21H,10-12H2,1-4H3,(H2,19,20,22). The predicted molar refractivity (Wildman–Crippen MR) is 90.6 cm³/mol. The molecule has 0 aliphatic carbocycles. The van der Waals surface area contributed by atoms with Crippen LogP contribution in [0.5, 0.6) is 0 Å². The Morgan fingerprint density at radius 3 is 2.27 bits per heavy atom. The van der Waals surface area contributed by atoms with E-state index in [2.05, 4.69) is 24.5 Å². The van der Waals surface area contributed by atoms with E-state index < -0.39 is 0 Å². The van der Waals surface area contributed by atoms with Crippen molar-refractivity contribution < 1.29 is 9.90 Å². The predicted octanol–water partition coefficient (Wildman–Crippen LogP) is 3.48. The number of amides is 2. The molecular weight excluding hydrogens is 276 g/mol. The lowest BCUT2D eigenvalue weighted by Gasteiger charge is -2.22. The van der Waals surface area contributed by atoms with Crippen LogP contribution in [0.25, 0.3) is 0 Å². The second kappa shape index (κ2) is 9.46. The summed E-state index contributed by atoms with van der Waals surface area (Å²) in [5.74, 6) is 0.755. The van der Waals surface area contributed by atoms with Crippen LogP contribution in [0, 0.1) is 11.8 Å². The van der Waals surface area contributed by atoms with Crippen molar-refractivity contribution in [1.29, 1.82) is 0 Å². The highest BCUT2D eigenvalue weighted by Gasteiger charge is 2.16. The number of hydrogen-bond donors (Lipinski definition) is 3. The second-order valence-corrected chi connectivity index (χ2v) is 6.64. The number of urea groups is 1. The number of aliphatic hydroxyl groups is 1. The molecule has 0 fully saturated rings. The number of nitrogens with one attached hydrogen (secondary N) is 2. The molecule has 124 valence electrons. The van der Waals surface area contributed by atoms with Gasteiger partial charge in [-0.1, -0.05) is 51.1 Å². The van der Waals surface area contributed by atoms with Gasteiger partial charge in [-0.25, -0.2) is 4.79 Å². The first-order chi connectivity index (χ1) is 10.4. The van der Waals surface area contributed by atoms with Gasteiger partial charge in [0.2, 0.25) is 0 Å². The summed E-state index contributed by atoms with van der Waals surface area (Å²) in [7, 11) is 0. The highest BCUT2D eigenvalue weighted by atomic mass is 16.3. The molecule has 0 saturated heterocycles. The summed E-state index contributed by atoms with van der Waals surface area (Å²) in [6.45, 7) is 8.67. The number of carbonyl (C=O) groups is 1. The molecule has 3 atom stereocenters. The first-order valence-electron chi connectivity index (χ1n) is 8.15. The van der Waals surface area contributed by atoms with Crippen LogP contribution in [0.2, 0.25) is 0 Å². The van der Waals surface area contributed by atoms with Gasteiger partial charge in [0, 0.05) is 6.54 Å². The SMILES string of the molecule is CC(C)CC(NC(=O)NCC(C)CC(C)O)c1ccccc1. The summed E-state index contributed by atoms with van der Waals surface area (Å²) in [5.41, 5.74) is 1.13. The van der Waals surface area contributed by atoms with Crippen LogP contribution in [-0.4, -0.2) is 23.8 Å². The molecule has 4 nitrogen and oxygen atoms in total. The largest absolute Gasteiger partial charge is 0.393 e. The van der Waals surface area contributed by atoms with Crippen molar-refractivity contribution in [2.24, 2.45) is 11.8 Å². The third-order valence-corrected chi connectivity index (χ3v) is 3.57. The van der Waals surface area contributed by atoms with E-state index in [0.29, 0.717) is 18.9 Å². The van der Waals surface area contributed by atoms with Crippen LogP contribution in [0.4, 0.5) is 4.79 Å². The Morgan fingerprint density at radius 1 is 1.09 bits per heavy atom. The second-order valence-electron chi connectivity index (χ2n) is 6.64. The van der Waals surface area contributed by atoms with E-state index in [1.54, 1.807) is 6.92 Å². The molecule has 0 saturated carbocycles. The molecule has 3 unspecified atom stereocenters. The van der Waals surface area contributed by atoms with E-state index in [1.165, 1.54) is 0 Å². The first-order valence-corrected chi connectivity index (χ1v) is 8.15. The van der Waals surface area contributed by atoms with Gasteiger partial charge < -0.3 is 15.7 Å². The molecule has 0 bridgehead atoms. The molecule has 22 heavy (non-hydrogen) atoms. The third-order valence-electron chi connectivity index (χ3n) is 3.57. The molecule has 0 aromatic heterocycles. The zero-order valence-corrected chi connectivity index (χ0v) is 14.2. The maximum absolute atomic E-state index is 12.1. The minimum Gasteiger partial charge on any atom is -0.393 e. The van der Waals surface area contributed by atoms with Gasteiger partial charge in [-0.05, 0) is 37.2 Å². The fourth-order valence-corrected chi connectivity index (χ4v) is 2.58. The summed E-state index contributed by atoms with van der Waals surface area (Å²) >= 11 is 0. The van der Waals surface area contributed by atoms with Gasteiger partial charge in [-0.2, -0.15) is 0 Å². The van der Waals surface area contributed by atoms with Crippen LogP contribution in [0.15, 0.2) is 30.3 Å². The molecule has 0 radical (unpaired) electrons. The average molecular weight is 306 g/mol. The molecule has 4 heteroatoms. The molecule has 3 N–H and O–H groups in total. The van der Waals surface area contributed by atoms with Crippen molar-refractivity contribution in [3.05, 3.63) is 35.9 Å². The summed E-state index contributed by atoms with van der Waals surface area (Å²) in [5, 5.41) is 15.3. The maximum atomic E-state index is 12.1. The van der Waals surface area contributed by atoms with Gasteiger partial charge in [0.15, 0.2) is 0 Å². The Morgan fingerprint density at radius 2 is 1.73 bits per heavy atom. The molecule has 1 aromatic rings. The molecule has 0 spiro atoms. The lowest BCUT2D eigenvalue weighted by Crippen LogP contribution is -2.40. The first kappa shape index (κ1) is 18.5. The highest BCUT2D eigenvalue weighted by Crippen LogP contribution is 2.20. The quantitative estimate of drug-likeness (QED) is 0.688. The molecule has 0 heterocycles. The van der Waals surface area contributed by atoms with Gasteiger partial charge in [0.25, 0.3) is 0 Å². The van der Waals surface area contributed by atoms with Crippen LogP contribution in [-0.2, 0) is 0 Å². The lowest BCUT2D eigenvalue weighted by molar-refractivity contribution is 0.163. The molecule has 2 amide bonds. The van der Waals surface area contributed by atoms with Crippen molar-refractivity contribution in [1.82, 2.24) is 10.6 Å². The van der Waals surface area contributed by atoms with Crippen molar-refractivity contribution >= 4 is 6.03 Å². The number of aliphatic hydroxyl groups excluding tert-OH is 1. The van der Waals surface area contributed by atoms with Gasteiger partial charge >= 0.3 is 6.03 Å². The van der Waals surface area contributed by atoms with E-state index >= 15 is 0 Å². The topological polar surface area (TPSA) is 61.4 Å². The summed E-state index contributed by atoms with van der Waals surface area (Å²) in [6.07, 6.45) is 1.26. The number of benzene rings is 1. The average Bonchev–Trinajstić information content (AvgIpc) is 2.44. The van der Waals surface area contributed by atoms with E-state index in [0.717, 1.165) is 12.0 Å². The Balaban J connectivity index is 2.53. The fourth-order valence-electron chi connectivity index (χ4n) is 2.58. The van der Waals surface area contributed by atoms with Crippen molar-refractivity contribution in [2.45, 2.75) is 52.7 Å². The van der Waals surface area contributed by atoms with Crippen molar-refractivity contribution in [2.75, 3.05) is 6.54 Å². The smallest absolute Gasteiger partial charge is 0.315 e. The maximum Gasteiger partial charge on any atom is 0.315 e. The summed E-state index contributed by atoms with van der Waals surface area (Å²) in [4.78, 5) is 12.1. The zero-order valence-electron chi connectivity index (χ0n) is 14.2. The molecule has 1 aromatic carbocycles. The highest BCUT2D eigenvalue weighted by molar-refractivity contribution is 5.74. The van der Waals surface area contributed by atoms with E-state index in [9.17, 15) is 9.90 Å². The number of hydrogen-bond acceptors (Lipinski definition) is 2. The molecule has 0 aliphatic rings. The van der Waals surface area contributed by atoms with Crippen LogP contribution < -0.4 is 10.6 Å². The normalized spacial score (nSPS) is 15.2. The van der Waals surface area contributed by atoms with Crippen molar-refractivity contribution in [3.8, 4) is 0 Å². The molecular formula is C18H30N2O2. The van der Waals surface area contributed by atoms with Crippen LogP contribution >= 0.6 is 0 Å². The minimum atomic E-state index is -0.335. The van der Waals surface area contributed by atoms with Gasteiger partial charge in [-0.15, -0.1) is 0 Å². The minimum absolute atomic E-state index is 0.0215. The Labute approximate surface area is 134 Å². The summed E-state index contributed by atoms with van der Waals surface area (Å²) < 4.78 is 0. The van der Waals surface area contributed by atoms with Crippen molar-refractivity contribution in [3.63, 3.8) is 0 Å². The Bertz CT molecular complexity index is 432. The van der Waals surface area contributed by atoms with Crippen LogP contribution in [0.1, 0.15) is 52.1 Å². The third kappa shape index (κ3) is 7.46. The van der Waals surface area contributed by atoms with E-state index in [1.807, 2.05) is 37.3 Å². The Hall–Kier alpha value is -1.55. The number of rotatable bonds is 8. The van der Waals surface area contributed by atoms with Gasteiger partial charge in [-0.3, -0.25) is 0 Å². The number of carbonyl (C=O) groups excluding carboxylic acids is 1. The fraction of sp³-hybridized carbons (Fsp3) is 0.611. The lowest BCUT2D eigenvalue weighted by atomic mass is 9.97. The molecule has 1 rings (SSSR count).